The summed E-state index contributed by atoms with van der Waals surface area (Å²) in [6, 6.07) is 4.42. The molecule has 0 aliphatic heterocycles. The number of hydrogen-bond donors (Lipinski definition) is 1. The first kappa shape index (κ1) is 13.1. The number of nitrogen functional groups attached to an aromatic ring is 1. The van der Waals surface area contributed by atoms with Gasteiger partial charge < -0.3 is 10.5 Å². The van der Waals surface area contributed by atoms with E-state index in [-0.39, 0.29) is 18.0 Å². The molecule has 0 spiro atoms. The van der Waals surface area contributed by atoms with Crippen LogP contribution in [-0.2, 0) is 13.5 Å². The van der Waals surface area contributed by atoms with Gasteiger partial charge in [0.2, 0.25) is 0 Å². The fourth-order valence-corrected chi connectivity index (χ4v) is 1.76. The van der Waals surface area contributed by atoms with E-state index in [9.17, 15) is 9.18 Å². The number of Topliss-reactive ketones (excluding diaryl/α,β-unsaturated/α-hetero) is 1. The standard InChI is InChI=1S/C13H14FN3O2/c1-17-13(15)9(7-16-17)11(18)6-8-3-4-12(19-2)10(14)5-8/h3-5,7H,6,15H2,1-2H3. The topological polar surface area (TPSA) is 70.1 Å². The van der Waals surface area contributed by atoms with Crippen LogP contribution >= 0.6 is 0 Å². The van der Waals surface area contributed by atoms with Gasteiger partial charge in [-0.3, -0.25) is 9.48 Å². The molecule has 0 fully saturated rings. The summed E-state index contributed by atoms with van der Waals surface area (Å²) < 4.78 is 19.7. The molecule has 0 atom stereocenters. The molecule has 0 saturated heterocycles. The molecule has 1 aromatic carbocycles. The van der Waals surface area contributed by atoms with Gasteiger partial charge in [-0.15, -0.1) is 0 Å². The zero-order valence-electron chi connectivity index (χ0n) is 10.7. The summed E-state index contributed by atoms with van der Waals surface area (Å²) >= 11 is 0. The Morgan fingerprint density at radius 2 is 2.26 bits per heavy atom. The smallest absolute Gasteiger partial charge is 0.172 e. The Morgan fingerprint density at radius 3 is 2.79 bits per heavy atom. The number of ether oxygens (including phenoxy) is 1. The molecule has 0 bridgehead atoms. The Bertz CT molecular complexity index is 622. The monoisotopic (exact) mass is 263 g/mol. The van der Waals surface area contributed by atoms with Crippen molar-refractivity contribution >= 4 is 11.6 Å². The maximum Gasteiger partial charge on any atom is 0.172 e. The Kier molecular flexibility index (Phi) is 3.50. The van der Waals surface area contributed by atoms with Gasteiger partial charge in [0.05, 0.1) is 18.9 Å². The fourth-order valence-electron chi connectivity index (χ4n) is 1.76. The molecule has 1 aromatic heterocycles. The molecule has 2 rings (SSSR count). The number of carbonyl (C=O) groups excluding carboxylic acids is 1. The molecule has 1 heterocycles. The van der Waals surface area contributed by atoms with Crippen LogP contribution < -0.4 is 10.5 Å². The molecule has 0 amide bonds. The number of aryl methyl sites for hydroxylation is 1. The number of hydrogen-bond acceptors (Lipinski definition) is 4. The van der Waals surface area contributed by atoms with E-state index >= 15 is 0 Å². The molecule has 0 aliphatic carbocycles. The number of anilines is 1. The van der Waals surface area contributed by atoms with E-state index in [0.717, 1.165) is 0 Å². The molecular formula is C13H14FN3O2. The summed E-state index contributed by atoms with van der Waals surface area (Å²) in [6.07, 6.45) is 1.48. The number of nitrogens with two attached hydrogens (primary N) is 1. The molecule has 2 aromatic rings. The minimum absolute atomic E-state index is 0.0663. The van der Waals surface area contributed by atoms with Gasteiger partial charge in [-0.1, -0.05) is 6.07 Å². The van der Waals surface area contributed by atoms with Crippen molar-refractivity contribution in [1.82, 2.24) is 9.78 Å². The third-order valence-corrected chi connectivity index (χ3v) is 2.87. The lowest BCUT2D eigenvalue weighted by atomic mass is 10.0. The predicted molar refractivity (Wildman–Crippen MR) is 68.6 cm³/mol. The van der Waals surface area contributed by atoms with Gasteiger partial charge in [-0.2, -0.15) is 5.10 Å². The highest BCUT2D eigenvalue weighted by molar-refractivity contribution is 6.01. The van der Waals surface area contributed by atoms with Gasteiger partial charge in [0.25, 0.3) is 0 Å². The molecule has 6 heteroatoms. The van der Waals surface area contributed by atoms with Crippen molar-refractivity contribution in [2.24, 2.45) is 7.05 Å². The third-order valence-electron chi connectivity index (χ3n) is 2.87. The van der Waals surface area contributed by atoms with Crippen LogP contribution in [0.4, 0.5) is 10.2 Å². The summed E-state index contributed by atoms with van der Waals surface area (Å²) in [5.74, 6) is -0.238. The van der Waals surface area contributed by atoms with Crippen LogP contribution in [0, 0.1) is 5.82 Å². The summed E-state index contributed by atoms with van der Waals surface area (Å²) in [7, 11) is 3.04. The first-order chi connectivity index (χ1) is 9.02. The highest BCUT2D eigenvalue weighted by Gasteiger charge is 2.15. The summed E-state index contributed by atoms with van der Waals surface area (Å²) in [6.45, 7) is 0. The molecule has 19 heavy (non-hydrogen) atoms. The molecule has 0 saturated carbocycles. The van der Waals surface area contributed by atoms with Gasteiger partial charge in [0, 0.05) is 13.5 Å². The number of rotatable bonds is 4. The number of nitrogens with zero attached hydrogens (tertiary/aromatic N) is 2. The molecule has 0 aliphatic rings. The number of carbonyl (C=O) groups is 1. The average Bonchev–Trinajstić information content (AvgIpc) is 2.70. The van der Waals surface area contributed by atoms with E-state index in [2.05, 4.69) is 5.10 Å². The van der Waals surface area contributed by atoms with Crippen LogP contribution in [0.15, 0.2) is 24.4 Å². The Morgan fingerprint density at radius 1 is 1.53 bits per heavy atom. The SMILES string of the molecule is COc1ccc(CC(=O)c2cnn(C)c2N)cc1F. The molecule has 0 radical (unpaired) electrons. The van der Waals surface area contributed by atoms with Gasteiger partial charge in [0.1, 0.15) is 5.82 Å². The Balaban J connectivity index is 2.19. The van der Waals surface area contributed by atoms with Gasteiger partial charge in [-0.25, -0.2) is 4.39 Å². The van der Waals surface area contributed by atoms with Crippen molar-refractivity contribution in [3.63, 3.8) is 0 Å². The summed E-state index contributed by atoms with van der Waals surface area (Å²) in [5.41, 5.74) is 6.63. The highest BCUT2D eigenvalue weighted by Crippen LogP contribution is 2.19. The Labute approximate surface area is 109 Å². The highest BCUT2D eigenvalue weighted by atomic mass is 19.1. The van der Waals surface area contributed by atoms with Crippen LogP contribution in [0.5, 0.6) is 5.75 Å². The Hall–Kier alpha value is -2.37. The first-order valence-corrected chi connectivity index (χ1v) is 5.66. The van der Waals surface area contributed by atoms with Crippen LogP contribution in [0.25, 0.3) is 0 Å². The number of ketones is 1. The van der Waals surface area contributed by atoms with Crippen LogP contribution in [0.1, 0.15) is 15.9 Å². The lowest BCUT2D eigenvalue weighted by molar-refractivity contribution is 0.0993. The maximum atomic E-state index is 13.5. The van der Waals surface area contributed by atoms with E-state index in [0.29, 0.717) is 16.9 Å². The minimum atomic E-state index is -0.494. The zero-order valence-corrected chi connectivity index (χ0v) is 10.7. The van der Waals surface area contributed by atoms with Crippen molar-refractivity contribution in [3.8, 4) is 5.75 Å². The van der Waals surface area contributed by atoms with Gasteiger partial charge in [0.15, 0.2) is 17.3 Å². The van der Waals surface area contributed by atoms with E-state index < -0.39 is 5.82 Å². The second-order valence-corrected chi connectivity index (χ2v) is 4.14. The van der Waals surface area contributed by atoms with Crippen molar-refractivity contribution in [2.45, 2.75) is 6.42 Å². The third kappa shape index (κ3) is 2.57. The number of halogens is 1. The molecule has 5 nitrogen and oxygen atoms in total. The van der Waals surface area contributed by atoms with Gasteiger partial charge in [-0.05, 0) is 17.7 Å². The average molecular weight is 263 g/mol. The van der Waals surface area contributed by atoms with Crippen LogP contribution in [0.2, 0.25) is 0 Å². The minimum Gasteiger partial charge on any atom is -0.494 e. The second kappa shape index (κ2) is 5.09. The summed E-state index contributed by atoms with van der Waals surface area (Å²) in [4.78, 5) is 12.0. The van der Waals surface area contributed by atoms with Crippen LogP contribution in [-0.4, -0.2) is 22.7 Å². The largest absolute Gasteiger partial charge is 0.494 e. The van der Waals surface area contributed by atoms with Crippen molar-refractivity contribution in [1.29, 1.82) is 0 Å². The number of aromatic nitrogens is 2. The quantitative estimate of drug-likeness (QED) is 0.850. The fraction of sp³-hybridized carbons (Fsp3) is 0.231. The van der Waals surface area contributed by atoms with Crippen LogP contribution in [0.3, 0.4) is 0 Å². The second-order valence-electron chi connectivity index (χ2n) is 4.14. The maximum absolute atomic E-state index is 13.5. The number of benzene rings is 1. The lowest BCUT2D eigenvalue weighted by Crippen LogP contribution is -2.07. The van der Waals surface area contributed by atoms with E-state index in [1.165, 1.54) is 30.1 Å². The van der Waals surface area contributed by atoms with Crippen molar-refractivity contribution in [2.75, 3.05) is 12.8 Å². The van der Waals surface area contributed by atoms with E-state index in [1.807, 2.05) is 0 Å². The lowest BCUT2D eigenvalue weighted by Gasteiger charge is -2.05. The number of methoxy groups -OCH3 is 1. The van der Waals surface area contributed by atoms with Crippen molar-refractivity contribution < 1.29 is 13.9 Å². The molecular weight excluding hydrogens is 249 g/mol. The van der Waals surface area contributed by atoms with Gasteiger partial charge >= 0.3 is 0 Å². The van der Waals surface area contributed by atoms with Crippen molar-refractivity contribution in [3.05, 3.63) is 41.3 Å². The predicted octanol–water partition coefficient (Wildman–Crippen LogP) is 1.58. The van der Waals surface area contributed by atoms with E-state index in [1.54, 1.807) is 13.1 Å². The molecule has 0 unspecified atom stereocenters. The molecule has 100 valence electrons. The summed E-state index contributed by atoms with van der Waals surface area (Å²) in [5, 5.41) is 3.90. The zero-order chi connectivity index (χ0) is 14.0. The van der Waals surface area contributed by atoms with E-state index in [4.69, 9.17) is 10.5 Å². The normalized spacial score (nSPS) is 10.5. The first-order valence-electron chi connectivity index (χ1n) is 5.66. The molecule has 2 N–H and O–H groups in total.